The van der Waals surface area contributed by atoms with Gasteiger partial charge in [-0.05, 0) is 25.1 Å². The Morgan fingerprint density at radius 3 is 2.56 bits per heavy atom. The number of carbonyl (C=O) groups excluding carboxylic acids is 1. The Bertz CT molecular complexity index is 483. The van der Waals surface area contributed by atoms with Crippen molar-refractivity contribution in [3.63, 3.8) is 0 Å². The first-order valence-corrected chi connectivity index (χ1v) is 5.80. The highest BCUT2D eigenvalue weighted by atomic mass is 79.9. The maximum absolute atomic E-state index is 12.8. The van der Waals surface area contributed by atoms with Crippen molar-refractivity contribution >= 4 is 21.8 Å². The Hall–Kier alpha value is -1.30. The van der Waals surface area contributed by atoms with Crippen LogP contribution in [0.1, 0.15) is 22.8 Å². The highest BCUT2D eigenvalue weighted by molar-refractivity contribution is 9.10. The molecule has 98 valence electrons. The normalized spacial score (nSPS) is 11.2. The molecule has 18 heavy (non-hydrogen) atoms. The molecule has 0 heterocycles. The van der Waals surface area contributed by atoms with Crippen LogP contribution in [0.5, 0.6) is 0 Å². The van der Waals surface area contributed by atoms with E-state index < -0.39 is 23.2 Å². The largest absolute Gasteiger partial charge is 0.417 e. The van der Waals surface area contributed by atoms with Gasteiger partial charge in [-0.15, -0.1) is 0 Å². The fourth-order valence-corrected chi connectivity index (χ4v) is 1.64. The Labute approximate surface area is 111 Å². The van der Waals surface area contributed by atoms with Crippen LogP contribution >= 0.6 is 15.9 Å². The van der Waals surface area contributed by atoms with Crippen molar-refractivity contribution in [3.8, 4) is 0 Å². The second kappa shape index (κ2) is 5.56. The van der Waals surface area contributed by atoms with Gasteiger partial charge in [0.25, 0.3) is 5.91 Å². The van der Waals surface area contributed by atoms with Crippen LogP contribution in [0.2, 0.25) is 0 Å². The van der Waals surface area contributed by atoms with Crippen molar-refractivity contribution in [2.45, 2.75) is 13.1 Å². The maximum Gasteiger partial charge on any atom is 0.417 e. The highest BCUT2D eigenvalue weighted by Crippen LogP contribution is 2.33. The van der Waals surface area contributed by atoms with Gasteiger partial charge in [-0.25, -0.2) is 0 Å². The van der Waals surface area contributed by atoms with E-state index in [-0.39, 0.29) is 11.0 Å². The quantitative estimate of drug-likeness (QED) is 0.843. The number of halogens is 4. The molecule has 0 aliphatic carbocycles. The van der Waals surface area contributed by atoms with Crippen LogP contribution in [-0.4, -0.2) is 12.5 Å². The zero-order valence-electron chi connectivity index (χ0n) is 9.57. The molecule has 1 aromatic rings. The molecule has 0 unspecified atom stereocenters. The van der Waals surface area contributed by atoms with E-state index in [4.69, 9.17) is 0 Å². The first-order valence-electron chi connectivity index (χ1n) is 5.01. The molecule has 0 saturated heterocycles. The van der Waals surface area contributed by atoms with Crippen molar-refractivity contribution in [1.29, 1.82) is 0 Å². The monoisotopic (exact) mass is 321 g/mol. The Kier molecular flexibility index (Phi) is 4.56. The highest BCUT2D eigenvalue weighted by Gasteiger charge is 2.35. The van der Waals surface area contributed by atoms with Gasteiger partial charge >= 0.3 is 6.18 Å². The van der Waals surface area contributed by atoms with Crippen LogP contribution in [0.4, 0.5) is 13.2 Å². The van der Waals surface area contributed by atoms with Gasteiger partial charge in [0.05, 0.1) is 11.1 Å². The number of carbonyl (C=O) groups is 1. The summed E-state index contributed by atoms with van der Waals surface area (Å²) < 4.78 is 38.6. The van der Waals surface area contributed by atoms with Gasteiger partial charge in [-0.1, -0.05) is 28.1 Å². The molecular weight excluding hydrogens is 311 g/mol. The van der Waals surface area contributed by atoms with Gasteiger partial charge < -0.3 is 5.32 Å². The number of hydrogen-bond acceptors (Lipinski definition) is 1. The molecule has 0 aliphatic heterocycles. The smallest absolute Gasteiger partial charge is 0.348 e. The lowest BCUT2D eigenvalue weighted by atomic mass is 10.1. The summed E-state index contributed by atoms with van der Waals surface area (Å²) in [5.41, 5.74) is -0.697. The Balaban J connectivity index is 3.08. The summed E-state index contributed by atoms with van der Waals surface area (Å²) in [5, 5.41) is 2.38. The van der Waals surface area contributed by atoms with Crippen LogP contribution in [-0.2, 0) is 6.18 Å². The van der Waals surface area contributed by atoms with Gasteiger partial charge in [0, 0.05) is 11.0 Å². The third-order valence-corrected chi connectivity index (χ3v) is 2.58. The molecule has 0 spiro atoms. The van der Waals surface area contributed by atoms with Gasteiger partial charge in [-0.2, -0.15) is 13.2 Å². The summed E-state index contributed by atoms with van der Waals surface area (Å²) in [5.74, 6) is -0.766. The van der Waals surface area contributed by atoms with Crippen LogP contribution in [0.15, 0.2) is 34.8 Å². The molecule has 0 bridgehead atoms. The number of alkyl halides is 3. The maximum atomic E-state index is 12.8. The zero-order valence-corrected chi connectivity index (χ0v) is 11.2. The second-order valence-electron chi connectivity index (χ2n) is 3.83. The van der Waals surface area contributed by atoms with Gasteiger partial charge in [0.15, 0.2) is 0 Å². The lowest BCUT2D eigenvalue weighted by molar-refractivity contribution is -0.138. The molecule has 1 N–H and O–H groups in total. The molecule has 2 nitrogen and oxygen atoms in total. The third kappa shape index (κ3) is 3.87. The third-order valence-electron chi connectivity index (χ3n) is 2.08. The number of nitrogens with one attached hydrogen (secondary N) is 1. The first kappa shape index (κ1) is 14.8. The minimum absolute atomic E-state index is 0.145. The predicted octanol–water partition coefficient (Wildman–Crippen LogP) is 3.77. The van der Waals surface area contributed by atoms with E-state index in [1.165, 1.54) is 6.07 Å². The molecule has 1 aromatic carbocycles. The standard InChI is InChI=1S/C12H11BrF3NO/c1-7(2)6-17-11(18)9-4-3-8(13)5-10(9)12(14,15)16/h3-5H,1,6H2,2H3,(H,17,18). The predicted molar refractivity (Wildman–Crippen MR) is 66.3 cm³/mol. The topological polar surface area (TPSA) is 29.1 Å². The molecule has 0 radical (unpaired) electrons. The van der Waals surface area contributed by atoms with E-state index in [9.17, 15) is 18.0 Å². The molecule has 1 amide bonds. The summed E-state index contributed by atoms with van der Waals surface area (Å²) in [6.07, 6.45) is -4.57. The van der Waals surface area contributed by atoms with Crippen LogP contribution in [0, 0.1) is 0 Å². The SMILES string of the molecule is C=C(C)CNC(=O)c1ccc(Br)cc1C(F)(F)F. The van der Waals surface area contributed by atoms with Crippen molar-refractivity contribution in [2.75, 3.05) is 6.54 Å². The number of rotatable bonds is 3. The van der Waals surface area contributed by atoms with Crippen molar-refractivity contribution in [1.82, 2.24) is 5.32 Å². The van der Waals surface area contributed by atoms with E-state index in [0.29, 0.717) is 5.57 Å². The minimum Gasteiger partial charge on any atom is -0.348 e. The molecule has 0 atom stereocenters. The van der Waals surface area contributed by atoms with Crippen LogP contribution in [0.25, 0.3) is 0 Å². The van der Waals surface area contributed by atoms with Crippen molar-refractivity contribution in [3.05, 3.63) is 46.0 Å². The molecule has 0 aromatic heterocycles. The van der Waals surface area contributed by atoms with E-state index in [0.717, 1.165) is 12.1 Å². The number of hydrogen-bond donors (Lipinski definition) is 1. The molecule has 0 fully saturated rings. The summed E-state index contributed by atoms with van der Waals surface area (Å²) in [6.45, 7) is 5.38. The Morgan fingerprint density at radius 1 is 1.44 bits per heavy atom. The summed E-state index contributed by atoms with van der Waals surface area (Å²) in [4.78, 5) is 11.7. The zero-order chi connectivity index (χ0) is 13.9. The minimum atomic E-state index is -4.57. The molecule has 0 aliphatic rings. The van der Waals surface area contributed by atoms with Crippen LogP contribution < -0.4 is 5.32 Å². The molecular formula is C12H11BrF3NO. The second-order valence-corrected chi connectivity index (χ2v) is 4.74. The molecule has 1 rings (SSSR count). The average Bonchev–Trinajstić information content (AvgIpc) is 2.24. The summed E-state index contributed by atoms with van der Waals surface area (Å²) >= 11 is 2.95. The van der Waals surface area contributed by atoms with E-state index in [2.05, 4.69) is 27.8 Å². The summed E-state index contributed by atoms with van der Waals surface area (Å²) in [6, 6.07) is 3.42. The van der Waals surface area contributed by atoms with E-state index in [1.807, 2.05) is 0 Å². The lowest BCUT2D eigenvalue weighted by Gasteiger charge is -2.13. The first-order chi connectivity index (χ1) is 8.21. The van der Waals surface area contributed by atoms with Crippen molar-refractivity contribution in [2.24, 2.45) is 0 Å². The van der Waals surface area contributed by atoms with E-state index in [1.54, 1.807) is 6.92 Å². The fourth-order valence-electron chi connectivity index (χ4n) is 1.28. The van der Waals surface area contributed by atoms with Gasteiger partial charge in [0.1, 0.15) is 0 Å². The molecule has 6 heteroatoms. The Morgan fingerprint density at radius 2 is 2.06 bits per heavy atom. The van der Waals surface area contributed by atoms with Crippen LogP contribution in [0.3, 0.4) is 0 Å². The average molecular weight is 322 g/mol. The van der Waals surface area contributed by atoms with Gasteiger partial charge in [-0.3, -0.25) is 4.79 Å². The van der Waals surface area contributed by atoms with Crippen molar-refractivity contribution < 1.29 is 18.0 Å². The summed E-state index contributed by atoms with van der Waals surface area (Å²) in [7, 11) is 0. The van der Waals surface area contributed by atoms with E-state index >= 15 is 0 Å². The lowest BCUT2D eigenvalue weighted by Crippen LogP contribution is -2.27. The van der Waals surface area contributed by atoms with Gasteiger partial charge in [0.2, 0.25) is 0 Å². The molecule has 0 saturated carbocycles. The fraction of sp³-hybridized carbons (Fsp3) is 0.250. The number of amides is 1. The number of benzene rings is 1.